The fourth-order valence-corrected chi connectivity index (χ4v) is 5.24. The molecule has 20 heavy (non-hydrogen) atoms. The van der Waals surface area contributed by atoms with Crippen LogP contribution in [-0.4, -0.2) is 44.0 Å². The lowest BCUT2D eigenvalue weighted by atomic mass is 10.0. The zero-order valence-corrected chi connectivity index (χ0v) is 12.4. The number of carbonyl (C=O) groups excluding carboxylic acids is 1. The Balaban J connectivity index is 1.41. The highest BCUT2D eigenvalue weighted by Crippen LogP contribution is 2.50. The van der Waals surface area contributed by atoms with Crippen molar-refractivity contribution in [1.82, 2.24) is 19.7 Å². The van der Waals surface area contributed by atoms with Crippen LogP contribution in [0.15, 0.2) is 11.5 Å². The van der Waals surface area contributed by atoms with E-state index in [0.717, 1.165) is 42.9 Å². The van der Waals surface area contributed by atoms with Crippen molar-refractivity contribution in [3.63, 3.8) is 0 Å². The number of nitrogens with zero attached hydrogens (tertiary/aromatic N) is 4. The third-order valence-corrected chi connectivity index (χ3v) is 6.25. The van der Waals surface area contributed by atoms with Gasteiger partial charge in [-0.2, -0.15) is 4.68 Å². The Hall–Kier alpha value is -1.04. The molecule has 0 spiro atoms. The molecule has 1 aliphatic heterocycles. The average molecular weight is 292 g/mol. The molecule has 0 aromatic carbocycles. The van der Waals surface area contributed by atoms with E-state index in [2.05, 4.69) is 10.1 Å². The van der Waals surface area contributed by atoms with E-state index in [1.165, 1.54) is 30.4 Å². The molecule has 3 aliphatic rings. The van der Waals surface area contributed by atoms with E-state index >= 15 is 0 Å². The van der Waals surface area contributed by atoms with Gasteiger partial charge in [0.2, 0.25) is 5.16 Å². The monoisotopic (exact) mass is 292 g/mol. The number of rotatable bonds is 2. The average Bonchev–Trinajstić information content (AvgIpc) is 3.23. The highest BCUT2D eigenvalue weighted by Gasteiger charge is 2.40. The molecule has 108 valence electrons. The van der Waals surface area contributed by atoms with Gasteiger partial charge in [0.25, 0.3) is 0 Å². The van der Waals surface area contributed by atoms with Crippen LogP contribution in [0.3, 0.4) is 0 Å². The fraction of sp³-hybridized carbons (Fsp3) is 0.786. The van der Waals surface area contributed by atoms with Crippen molar-refractivity contribution in [3.05, 3.63) is 6.33 Å². The van der Waals surface area contributed by atoms with Crippen molar-refractivity contribution in [1.29, 1.82) is 0 Å². The third-order valence-electron chi connectivity index (χ3n) is 4.97. The first-order valence-electron chi connectivity index (χ1n) is 7.67. The number of carbonyl (C=O) groups is 1. The number of amides is 1. The summed E-state index contributed by atoms with van der Waals surface area (Å²) in [5, 5.41) is 5.83. The largest absolute Gasteiger partial charge is 0.346 e. The van der Waals surface area contributed by atoms with Gasteiger partial charge >= 0.3 is 6.03 Å². The second-order valence-electron chi connectivity index (χ2n) is 6.28. The van der Waals surface area contributed by atoms with E-state index in [1.807, 2.05) is 4.90 Å². The molecule has 0 radical (unpaired) electrons. The van der Waals surface area contributed by atoms with Crippen LogP contribution in [0.5, 0.6) is 0 Å². The van der Waals surface area contributed by atoms with Crippen LogP contribution >= 0.6 is 11.8 Å². The summed E-state index contributed by atoms with van der Waals surface area (Å²) in [5.41, 5.74) is 0. The van der Waals surface area contributed by atoms with E-state index < -0.39 is 0 Å². The predicted molar refractivity (Wildman–Crippen MR) is 76.7 cm³/mol. The van der Waals surface area contributed by atoms with Crippen molar-refractivity contribution in [2.75, 3.05) is 13.1 Å². The van der Waals surface area contributed by atoms with Crippen LogP contribution in [0, 0.1) is 11.8 Å². The molecule has 0 unspecified atom stereocenters. The van der Waals surface area contributed by atoms with Gasteiger partial charge in [0.1, 0.15) is 6.33 Å². The summed E-state index contributed by atoms with van der Waals surface area (Å²) >= 11 is 1.78. The Morgan fingerprint density at radius 3 is 2.80 bits per heavy atom. The Kier molecular flexibility index (Phi) is 3.21. The van der Waals surface area contributed by atoms with Crippen LogP contribution in [0.25, 0.3) is 0 Å². The molecule has 3 fully saturated rings. The van der Waals surface area contributed by atoms with Crippen LogP contribution in [0.2, 0.25) is 0 Å². The maximum atomic E-state index is 12.2. The highest BCUT2D eigenvalue weighted by molar-refractivity contribution is 7.99. The van der Waals surface area contributed by atoms with Crippen molar-refractivity contribution in [3.8, 4) is 0 Å². The highest BCUT2D eigenvalue weighted by atomic mass is 32.2. The van der Waals surface area contributed by atoms with E-state index in [9.17, 15) is 4.79 Å². The lowest BCUT2D eigenvalue weighted by Gasteiger charge is -2.19. The molecule has 2 aliphatic carbocycles. The molecule has 1 amide bonds. The third kappa shape index (κ3) is 2.24. The van der Waals surface area contributed by atoms with Crippen molar-refractivity contribution in [2.45, 2.75) is 48.9 Å². The first-order valence-corrected chi connectivity index (χ1v) is 8.55. The summed E-state index contributed by atoms with van der Waals surface area (Å²) < 4.78 is 1.42. The molecular formula is C14H20N4OS. The number of thioether (sulfide) groups is 1. The Labute approximate surface area is 123 Å². The zero-order valence-electron chi connectivity index (χ0n) is 11.6. The summed E-state index contributed by atoms with van der Waals surface area (Å²) in [4.78, 5) is 18.4. The van der Waals surface area contributed by atoms with E-state index in [4.69, 9.17) is 0 Å². The molecule has 3 atom stereocenters. The normalized spacial score (nSPS) is 32.2. The van der Waals surface area contributed by atoms with Gasteiger partial charge in [0, 0.05) is 18.3 Å². The number of aromatic nitrogens is 3. The first-order chi connectivity index (χ1) is 9.79. The second-order valence-corrected chi connectivity index (χ2v) is 7.49. The van der Waals surface area contributed by atoms with Gasteiger partial charge in [-0.15, -0.1) is 5.10 Å². The molecule has 1 aromatic rings. The molecule has 6 heteroatoms. The van der Waals surface area contributed by atoms with Gasteiger partial charge in [-0.1, -0.05) is 18.2 Å². The second kappa shape index (κ2) is 5.06. The van der Waals surface area contributed by atoms with Crippen molar-refractivity contribution < 1.29 is 4.79 Å². The Bertz CT molecular complexity index is 511. The van der Waals surface area contributed by atoms with Gasteiger partial charge in [0.15, 0.2) is 0 Å². The smallest absolute Gasteiger partial charge is 0.323 e. The Morgan fingerprint density at radius 1 is 1.25 bits per heavy atom. The van der Waals surface area contributed by atoms with Crippen LogP contribution in [0.1, 0.15) is 38.5 Å². The van der Waals surface area contributed by atoms with E-state index in [1.54, 1.807) is 18.1 Å². The summed E-state index contributed by atoms with van der Waals surface area (Å²) in [7, 11) is 0. The topological polar surface area (TPSA) is 51.0 Å². The lowest BCUT2D eigenvalue weighted by molar-refractivity contribution is 0.207. The van der Waals surface area contributed by atoms with Gasteiger partial charge in [-0.25, -0.2) is 9.78 Å². The maximum Gasteiger partial charge on any atom is 0.346 e. The zero-order chi connectivity index (χ0) is 13.5. The standard InChI is InChI=1S/C14H20N4OS/c19-14(17-5-1-2-6-17)18-9-15-13(16-18)20-12-8-10-3-4-11(12)7-10/h9-12H,1-8H2/t10-,11+,12+/m0/s1. The number of fused-ring (bicyclic) bond motifs is 2. The molecule has 0 N–H and O–H groups in total. The van der Waals surface area contributed by atoms with Crippen molar-refractivity contribution in [2.24, 2.45) is 11.8 Å². The maximum absolute atomic E-state index is 12.2. The SMILES string of the molecule is O=C(N1CCCC1)n1cnc(S[C@@H]2C[C@H]3CC[C@@H]2C3)n1. The summed E-state index contributed by atoms with van der Waals surface area (Å²) in [6.45, 7) is 1.71. The minimum absolute atomic E-state index is 0.0187. The number of hydrogen-bond acceptors (Lipinski definition) is 4. The quantitative estimate of drug-likeness (QED) is 0.841. The van der Waals surface area contributed by atoms with Crippen LogP contribution in [0.4, 0.5) is 4.79 Å². The Morgan fingerprint density at radius 2 is 2.10 bits per heavy atom. The molecular weight excluding hydrogens is 272 g/mol. The van der Waals surface area contributed by atoms with Crippen LogP contribution in [-0.2, 0) is 0 Å². The van der Waals surface area contributed by atoms with E-state index in [0.29, 0.717) is 5.25 Å². The summed E-state index contributed by atoms with van der Waals surface area (Å²) in [6.07, 6.45) is 9.28. The van der Waals surface area contributed by atoms with Gasteiger partial charge in [-0.3, -0.25) is 0 Å². The van der Waals surface area contributed by atoms with Crippen LogP contribution < -0.4 is 0 Å². The van der Waals surface area contributed by atoms with E-state index in [-0.39, 0.29) is 6.03 Å². The van der Waals surface area contributed by atoms with Gasteiger partial charge in [-0.05, 0) is 43.9 Å². The molecule has 2 saturated carbocycles. The molecule has 2 heterocycles. The molecule has 2 bridgehead atoms. The van der Waals surface area contributed by atoms with Gasteiger partial charge in [0.05, 0.1) is 0 Å². The predicted octanol–water partition coefficient (Wildman–Crippen LogP) is 2.62. The number of hydrogen-bond donors (Lipinski definition) is 0. The first kappa shape index (κ1) is 12.7. The minimum atomic E-state index is -0.0187. The summed E-state index contributed by atoms with van der Waals surface area (Å²) in [6, 6.07) is -0.0187. The van der Waals surface area contributed by atoms with Gasteiger partial charge < -0.3 is 4.90 Å². The van der Waals surface area contributed by atoms with Crippen molar-refractivity contribution >= 4 is 17.8 Å². The molecule has 1 saturated heterocycles. The fourth-order valence-electron chi connectivity index (χ4n) is 3.91. The minimum Gasteiger partial charge on any atom is -0.323 e. The summed E-state index contributed by atoms with van der Waals surface area (Å²) in [5.74, 6) is 1.79. The molecule has 1 aromatic heterocycles. The molecule has 4 rings (SSSR count). The molecule has 5 nitrogen and oxygen atoms in total. The number of likely N-dealkylation sites (tertiary alicyclic amines) is 1. The lowest BCUT2D eigenvalue weighted by Crippen LogP contribution is -2.32.